The Morgan fingerprint density at radius 3 is 2.40 bits per heavy atom. The largest absolute Gasteiger partial charge is 0.389 e. The molecule has 0 saturated carbocycles. The van der Waals surface area contributed by atoms with Gasteiger partial charge in [0.15, 0.2) is 0 Å². The summed E-state index contributed by atoms with van der Waals surface area (Å²) in [4.78, 5) is 2.32. The molecule has 3 nitrogen and oxygen atoms in total. The molecule has 0 spiro atoms. The third-order valence-electron chi connectivity index (χ3n) is 2.58. The zero-order chi connectivity index (χ0) is 11.7. The quantitative estimate of drug-likeness (QED) is 0.599. The summed E-state index contributed by atoms with van der Waals surface area (Å²) >= 11 is 0. The third kappa shape index (κ3) is 7.77. The van der Waals surface area contributed by atoms with Crippen LogP contribution in [-0.2, 0) is 4.74 Å². The van der Waals surface area contributed by atoms with Crippen LogP contribution in [-0.4, -0.2) is 49.0 Å². The van der Waals surface area contributed by atoms with Crippen molar-refractivity contribution in [3.05, 3.63) is 0 Å². The van der Waals surface area contributed by atoms with Gasteiger partial charge in [0, 0.05) is 19.7 Å². The van der Waals surface area contributed by atoms with Gasteiger partial charge in [-0.25, -0.2) is 0 Å². The average molecular weight is 217 g/mol. The fourth-order valence-electron chi connectivity index (χ4n) is 1.64. The van der Waals surface area contributed by atoms with E-state index in [2.05, 4.69) is 25.7 Å². The summed E-state index contributed by atoms with van der Waals surface area (Å²) in [5, 5.41) is 9.66. The van der Waals surface area contributed by atoms with Gasteiger partial charge >= 0.3 is 0 Å². The highest BCUT2D eigenvalue weighted by Gasteiger charge is 2.13. The van der Waals surface area contributed by atoms with E-state index >= 15 is 0 Å². The number of hydrogen-bond acceptors (Lipinski definition) is 3. The van der Waals surface area contributed by atoms with E-state index in [1.165, 1.54) is 19.3 Å². The Balaban J connectivity index is 3.82. The van der Waals surface area contributed by atoms with Crippen LogP contribution < -0.4 is 0 Å². The van der Waals surface area contributed by atoms with E-state index in [1.807, 2.05) is 0 Å². The van der Waals surface area contributed by atoms with Gasteiger partial charge in [-0.1, -0.05) is 19.8 Å². The van der Waals surface area contributed by atoms with Gasteiger partial charge in [0.1, 0.15) is 0 Å². The van der Waals surface area contributed by atoms with Crippen molar-refractivity contribution in [2.75, 3.05) is 26.8 Å². The summed E-state index contributed by atoms with van der Waals surface area (Å²) in [7, 11) is 1.63. The Bertz CT molecular complexity index is 140. The van der Waals surface area contributed by atoms with Crippen molar-refractivity contribution in [3.8, 4) is 0 Å². The number of aliphatic hydroxyl groups is 1. The first-order valence-corrected chi connectivity index (χ1v) is 6.02. The number of ether oxygens (including phenoxy) is 1. The maximum atomic E-state index is 9.66. The van der Waals surface area contributed by atoms with Crippen molar-refractivity contribution >= 4 is 0 Å². The second kappa shape index (κ2) is 9.13. The van der Waals surface area contributed by atoms with Gasteiger partial charge in [0.25, 0.3) is 0 Å². The van der Waals surface area contributed by atoms with E-state index in [0.717, 1.165) is 13.1 Å². The number of unbranched alkanes of at least 4 members (excludes halogenated alkanes) is 2. The lowest BCUT2D eigenvalue weighted by Crippen LogP contribution is -2.39. The lowest BCUT2D eigenvalue weighted by Gasteiger charge is -2.28. The van der Waals surface area contributed by atoms with Gasteiger partial charge in [-0.2, -0.15) is 0 Å². The molecule has 92 valence electrons. The molecule has 0 rings (SSSR count). The topological polar surface area (TPSA) is 32.7 Å². The van der Waals surface area contributed by atoms with Crippen LogP contribution in [0.1, 0.15) is 40.0 Å². The van der Waals surface area contributed by atoms with E-state index in [4.69, 9.17) is 4.74 Å². The Morgan fingerprint density at radius 2 is 1.93 bits per heavy atom. The summed E-state index contributed by atoms with van der Waals surface area (Å²) < 4.78 is 4.93. The minimum atomic E-state index is -0.362. The predicted molar refractivity (Wildman–Crippen MR) is 64.1 cm³/mol. The van der Waals surface area contributed by atoms with Crippen LogP contribution in [0.15, 0.2) is 0 Å². The van der Waals surface area contributed by atoms with Crippen molar-refractivity contribution in [2.45, 2.75) is 52.2 Å². The van der Waals surface area contributed by atoms with Crippen LogP contribution in [0.3, 0.4) is 0 Å². The summed E-state index contributed by atoms with van der Waals surface area (Å²) in [6, 6.07) is 0.494. The van der Waals surface area contributed by atoms with Gasteiger partial charge in [0.05, 0.1) is 12.7 Å². The molecule has 0 aromatic carbocycles. The minimum Gasteiger partial charge on any atom is -0.389 e. The highest BCUT2D eigenvalue weighted by Crippen LogP contribution is 2.04. The molecule has 1 atom stereocenters. The fourth-order valence-corrected chi connectivity index (χ4v) is 1.64. The molecule has 0 aromatic heterocycles. The Hall–Kier alpha value is -0.120. The van der Waals surface area contributed by atoms with Crippen LogP contribution in [0.25, 0.3) is 0 Å². The maximum absolute atomic E-state index is 9.66. The number of nitrogens with zero attached hydrogens (tertiary/aromatic N) is 1. The molecule has 0 bridgehead atoms. The highest BCUT2D eigenvalue weighted by molar-refractivity contribution is 4.67. The van der Waals surface area contributed by atoms with E-state index in [0.29, 0.717) is 12.6 Å². The fraction of sp³-hybridized carbons (Fsp3) is 1.00. The first-order chi connectivity index (χ1) is 7.11. The molecule has 0 saturated heterocycles. The van der Waals surface area contributed by atoms with E-state index in [-0.39, 0.29) is 6.10 Å². The van der Waals surface area contributed by atoms with E-state index in [9.17, 15) is 5.11 Å². The van der Waals surface area contributed by atoms with E-state index < -0.39 is 0 Å². The first-order valence-electron chi connectivity index (χ1n) is 6.02. The maximum Gasteiger partial charge on any atom is 0.0900 e. The Kier molecular flexibility index (Phi) is 9.06. The molecule has 0 fully saturated rings. The smallest absolute Gasteiger partial charge is 0.0900 e. The van der Waals surface area contributed by atoms with Crippen molar-refractivity contribution in [2.24, 2.45) is 0 Å². The third-order valence-corrected chi connectivity index (χ3v) is 2.58. The minimum absolute atomic E-state index is 0.362. The van der Waals surface area contributed by atoms with Crippen molar-refractivity contribution in [1.29, 1.82) is 0 Å². The molecular formula is C12H27NO2. The van der Waals surface area contributed by atoms with Gasteiger partial charge in [0.2, 0.25) is 0 Å². The summed E-state index contributed by atoms with van der Waals surface area (Å²) in [6.45, 7) is 8.77. The zero-order valence-electron chi connectivity index (χ0n) is 10.7. The molecule has 0 aliphatic rings. The van der Waals surface area contributed by atoms with Gasteiger partial charge in [-0.05, 0) is 26.8 Å². The van der Waals surface area contributed by atoms with Gasteiger partial charge in [-0.15, -0.1) is 0 Å². The SMILES string of the molecule is CCCCCN(CC(O)COC)C(C)C. The molecule has 15 heavy (non-hydrogen) atoms. The summed E-state index contributed by atoms with van der Waals surface area (Å²) in [5.41, 5.74) is 0. The molecule has 0 aliphatic carbocycles. The number of methoxy groups -OCH3 is 1. The van der Waals surface area contributed by atoms with Crippen molar-refractivity contribution in [3.63, 3.8) is 0 Å². The van der Waals surface area contributed by atoms with Crippen LogP contribution in [0, 0.1) is 0 Å². The van der Waals surface area contributed by atoms with E-state index in [1.54, 1.807) is 7.11 Å². The zero-order valence-corrected chi connectivity index (χ0v) is 10.7. The van der Waals surface area contributed by atoms with Crippen molar-refractivity contribution in [1.82, 2.24) is 4.90 Å². The van der Waals surface area contributed by atoms with Crippen LogP contribution in [0.4, 0.5) is 0 Å². The number of aliphatic hydroxyl groups excluding tert-OH is 1. The molecule has 0 heterocycles. The van der Waals surface area contributed by atoms with Gasteiger partial charge in [-0.3, -0.25) is 4.90 Å². The lowest BCUT2D eigenvalue weighted by molar-refractivity contribution is 0.0298. The number of hydrogen-bond donors (Lipinski definition) is 1. The second-order valence-corrected chi connectivity index (χ2v) is 4.40. The highest BCUT2D eigenvalue weighted by atomic mass is 16.5. The number of rotatable bonds is 9. The standard InChI is InChI=1S/C12H27NO2/c1-5-6-7-8-13(11(2)3)9-12(14)10-15-4/h11-12,14H,5-10H2,1-4H3. The Labute approximate surface area is 94.4 Å². The molecule has 3 heteroatoms. The molecule has 1 N–H and O–H groups in total. The second-order valence-electron chi connectivity index (χ2n) is 4.40. The van der Waals surface area contributed by atoms with Crippen molar-refractivity contribution < 1.29 is 9.84 Å². The predicted octanol–water partition coefficient (Wildman–Crippen LogP) is 1.89. The molecule has 1 unspecified atom stereocenters. The molecular weight excluding hydrogens is 190 g/mol. The van der Waals surface area contributed by atoms with Gasteiger partial charge < -0.3 is 9.84 Å². The first kappa shape index (κ1) is 14.9. The Morgan fingerprint density at radius 1 is 1.27 bits per heavy atom. The molecule has 0 aliphatic heterocycles. The molecule has 0 radical (unpaired) electrons. The van der Waals surface area contributed by atoms with Crippen LogP contribution >= 0.6 is 0 Å². The lowest BCUT2D eigenvalue weighted by atomic mass is 10.2. The van der Waals surface area contributed by atoms with Crippen LogP contribution in [0.5, 0.6) is 0 Å². The summed E-state index contributed by atoms with van der Waals surface area (Å²) in [6.07, 6.45) is 3.36. The van der Waals surface area contributed by atoms with Crippen LogP contribution in [0.2, 0.25) is 0 Å². The monoisotopic (exact) mass is 217 g/mol. The molecule has 0 aromatic rings. The summed E-state index contributed by atoms with van der Waals surface area (Å²) in [5.74, 6) is 0. The molecule has 0 amide bonds. The normalized spacial score (nSPS) is 13.8. The average Bonchev–Trinajstić information content (AvgIpc) is 2.16.